The second-order valence-electron chi connectivity index (χ2n) is 7.60. The molecule has 2 amide bonds. The van der Waals surface area contributed by atoms with E-state index >= 15 is 0 Å². The van der Waals surface area contributed by atoms with Crippen molar-refractivity contribution < 1.29 is 14.0 Å². The molecule has 2 aromatic rings. The van der Waals surface area contributed by atoms with E-state index < -0.39 is 0 Å². The van der Waals surface area contributed by atoms with Crippen LogP contribution in [-0.4, -0.2) is 53.8 Å². The number of amides is 2. The monoisotopic (exact) mass is 397 g/mol. The fourth-order valence-corrected chi connectivity index (χ4v) is 3.59. The summed E-state index contributed by atoms with van der Waals surface area (Å²) in [7, 11) is 0. The van der Waals surface area contributed by atoms with Crippen molar-refractivity contribution in [2.24, 2.45) is 0 Å². The molecule has 0 N–H and O–H groups in total. The van der Waals surface area contributed by atoms with Gasteiger partial charge in [-0.15, -0.1) is 0 Å². The number of anilines is 1. The zero-order valence-electron chi connectivity index (χ0n) is 17.1. The third-order valence-electron chi connectivity index (χ3n) is 5.27. The van der Waals surface area contributed by atoms with Crippen LogP contribution < -0.4 is 4.90 Å². The maximum atomic E-state index is 14.0. The van der Waals surface area contributed by atoms with Gasteiger partial charge in [-0.25, -0.2) is 4.39 Å². The number of piperazine rings is 1. The van der Waals surface area contributed by atoms with Gasteiger partial charge in [-0.1, -0.05) is 42.5 Å². The number of hydrogen-bond donors (Lipinski definition) is 0. The molecule has 0 bridgehead atoms. The molecular weight excluding hydrogens is 369 g/mol. The highest BCUT2D eigenvalue weighted by Gasteiger charge is 2.26. The smallest absolute Gasteiger partial charge is 0.232 e. The van der Waals surface area contributed by atoms with Gasteiger partial charge < -0.3 is 14.7 Å². The van der Waals surface area contributed by atoms with Crippen LogP contribution in [0.1, 0.15) is 25.8 Å². The van der Waals surface area contributed by atoms with Gasteiger partial charge in [0.2, 0.25) is 11.8 Å². The van der Waals surface area contributed by atoms with E-state index in [0.29, 0.717) is 38.4 Å². The highest BCUT2D eigenvalue weighted by molar-refractivity contribution is 5.97. The van der Waals surface area contributed by atoms with Crippen molar-refractivity contribution in [2.75, 3.05) is 31.1 Å². The van der Waals surface area contributed by atoms with E-state index in [2.05, 4.69) is 0 Å². The summed E-state index contributed by atoms with van der Waals surface area (Å²) in [5.41, 5.74) is 1.60. The Bertz CT molecular complexity index is 833. The second-order valence-corrected chi connectivity index (χ2v) is 7.60. The Morgan fingerprint density at radius 1 is 0.966 bits per heavy atom. The number of para-hydroxylation sites is 1. The van der Waals surface area contributed by atoms with Gasteiger partial charge >= 0.3 is 0 Å². The van der Waals surface area contributed by atoms with Gasteiger partial charge in [-0.3, -0.25) is 9.59 Å². The molecule has 1 aliphatic rings. The largest absolute Gasteiger partial charge is 0.366 e. The summed E-state index contributed by atoms with van der Waals surface area (Å²) >= 11 is 0. The summed E-state index contributed by atoms with van der Waals surface area (Å²) in [6.07, 6.45) is -0.134. The predicted molar refractivity (Wildman–Crippen MR) is 112 cm³/mol. The van der Waals surface area contributed by atoms with E-state index in [1.165, 1.54) is 6.07 Å². The summed E-state index contributed by atoms with van der Waals surface area (Å²) in [4.78, 5) is 30.9. The predicted octanol–water partition coefficient (Wildman–Crippen LogP) is 3.30. The number of halogens is 1. The van der Waals surface area contributed by atoms with Crippen molar-refractivity contribution in [2.45, 2.75) is 32.9 Å². The molecule has 0 aliphatic carbocycles. The van der Waals surface area contributed by atoms with Crippen LogP contribution in [0.2, 0.25) is 0 Å². The lowest BCUT2D eigenvalue weighted by Crippen LogP contribution is -2.50. The fraction of sp³-hybridized carbons (Fsp3) is 0.391. The first-order chi connectivity index (χ1) is 14.0. The van der Waals surface area contributed by atoms with Gasteiger partial charge in [0.05, 0.1) is 5.69 Å². The molecule has 0 unspecified atom stereocenters. The van der Waals surface area contributed by atoms with E-state index in [-0.39, 0.29) is 30.1 Å². The lowest BCUT2D eigenvalue weighted by Gasteiger charge is -2.36. The third kappa shape index (κ3) is 5.34. The Hall–Kier alpha value is -2.89. The lowest BCUT2D eigenvalue weighted by molar-refractivity contribution is -0.142. The molecule has 29 heavy (non-hydrogen) atoms. The Labute approximate surface area is 171 Å². The maximum Gasteiger partial charge on any atom is 0.232 e. The quantitative estimate of drug-likeness (QED) is 0.703. The molecule has 0 radical (unpaired) electrons. The first-order valence-electron chi connectivity index (χ1n) is 10.1. The number of benzene rings is 2. The van der Waals surface area contributed by atoms with Crippen LogP contribution in [0.3, 0.4) is 0 Å². The summed E-state index contributed by atoms with van der Waals surface area (Å²) in [6.45, 7) is 6.49. The average molecular weight is 397 g/mol. The summed E-state index contributed by atoms with van der Waals surface area (Å²) in [5, 5.41) is 0. The SMILES string of the molecule is CC(C)N(Cc1ccccc1)C(=O)CC(=O)N1CCN(c2ccccc2F)CC1. The molecule has 2 aromatic carbocycles. The van der Waals surface area contributed by atoms with Crippen LogP contribution in [0.5, 0.6) is 0 Å². The van der Waals surface area contributed by atoms with E-state index in [0.717, 1.165) is 5.56 Å². The minimum atomic E-state index is -0.254. The van der Waals surface area contributed by atoms with Gasteiger partial charge in [0.1, 0.15) is 12.2 Å². The maximum absolute atomic E-state index is 14.0. The highest BCUT2D eigenvalue weighted by Crippen LogP contribution is 2.20. The normalized spacial score (nSPS) is 14.2. The average Bonchev–Trinajstić information content (AvgIpc) is 2.73. The van der Waals surface area contributed by atoms with Crippen molar-refractivity contribution in [3.63, 3.8) is 0 Å². The Morgan fingerprint density at radius 3 is 2.21 bits per heavy atom. The lowest BCUT2D eigenvalue weighted by atomic mass is 10.1. The van der Waals surface area contributed by atoms with Gasteiger partial charge in [-0.2, -0.15) is 0 Å². The molecule has 1 fully saturated rings. The van der Waals surface area contributed by atoms with Crippen molar-refractivity contribution in [1.82, 2.24) is 9.80 Å². The van der Waals surface area contributed by atoms with Crippen molar-refractivity contribution in [3.05, 3.63) is 66.0 Å². The van der Waals surface area contributed by atoms with Crippen molar-refractivity contribution in [3.8, 4) is 0 Å². The van der Waals surface area contributed by atoms with Gasteiger partial charge in [-0.05, 0) is 31.5 Å². The Kier molecular flexibility index (Phi) is 6.86. The van der Waals surface area contributed by atoms with Crippen LogP contribution in [0, 0.1) is 5.82 Å². The number of nitrogens with zero attached hydrogens (tertiary/aromatic N) is 3. The van der Waals surface area contributed by atoms with Gasteiger partial charge in [0.25, 0.3) is 0 Å². The van der Waals surface area contributed by atoms with Gasteiger partial charge in [0, 0.05) is 38.8 Å². The molecule has 3 rings (SSSR count). The van der Waals surface area contributed by atoms with Crippen LogP contribution >= 0.6 is 0 Å². The van der Waals surface area contributed by atoms with Crippen LogP contribution in [0.4, 0.5) is 10.1 Å². The van der Waals surface area contributed by atoms with Gasteiger partial charge in [0.15, 0.2) is 0 Å². The first kappa shape index (κ1) is 20.8. The molecule has 1 saturated heterocycles. The summed E-state index contributed by atoms with van der Waals surface area (Å²) in [6, 6.07) is 16.5. The van der Waals surface area contributed by atoms with E-state index in [1.807, 2.05) is 55.1 Å². The molecule has 0 saturated carbocycles. The Balaban J connectivity index is 1.55. The van der Waals surface area contributed by atoms with Crippen LogP contribution in [0.15, 0.2) is 54.6 Å². The van der Waals surface area contributed by atoms with Crippen LogP contribution in [0.25, 0.3) is 0 Å². The standard InChI is InChI=1S/C23H28FN3O2/c1-18(2)27(17-19-8-4-3-5-9-19)23(29)16-22(28)26-14-12-25(13-15-26)21-11-7-6-10-20(21)24/h3-11,18H,12-17H2,1-2H3. The summed E-state index contributed by atoms with van der Waals surface area (Å²) < 4.78 is 14.0. The molecular formula is C23H28FN3O2. The Morgan fingerprint density at radius 2 is 1.59 bits per heavy atom. The third-order valence-corrected chi connectivity index (χ3v) is 5.27. The first-order valence-corrected chi connectivity index (χ1v) is 10.1. The summed E-state index contributed by atoms with van der Waals surface area (Å²) in [5.74, 6) is -0.580. The molecule has 6 heteroatoms. The molecule has 1 aliphatic heterocycles. The van der Waals surface area contributed by atoms with E-state index in [4.69, 9.17) is 0 Å². The molecule has 0 atom stereocenters. The number of rotatable bonds is 6. The van der Waals surface area contributed by atoms with Crippen molar-refractivity contribution >= 4 is 17.5 Å². The zero-order chi connectivity index (χ0) is 20.8. The molecule has 0 aromatic heterocycles. The van der Waals surface area contributed by atoms with E-state index in [9.17, 15) is 14.0 Å². The van der Waals surface area contributed by atoms with Crippen molar-refractivity contribution in [1.29, 1.82) is 0 Å². The minimum absolute atomic E-state index is 0.00779. The van der Waals surface area contributed by atoms with E-state index in [1.54, 1.807) is 21.9 Å². The number of carbonyl (C=O) groups is 2. The second kappa shape index (κ2) is 9.54. The minimum Gasteiger partial charge on any atom is -0.366 e. The number of carbonyl (C=O) groups excluding carboxylic acids is 2. The number of hydrogen-bond acceptors (Lipinski definition) is 3. The fourth-order valence-electron chi connectivity index (χ4n) is 3.59. The highest BCUT2D eigenvalue weighted by atomic mass is 19.1. The molecule has 154 valence electrons. The molecule has 0 spiro atoms. The zero-order valence-corrected chi connectivity index (χ0v) is 17.1. The van der Waals surface area contributed by atoms with Crippen LogP contribution in [-0.2, 0) is 16.1 Å². The molecule has 1 heterocycles. The topological polar surface area (TPSA) is 43.9 Å². The molecule has 5 nitrogen and oxygen atoms in total.